The zero-order valence-corrected chi connectivity index (χ0v) is 13.1. The molecule has 2 amide bonds. The summed E-state index contributed by atoms with van der Waals surface area (Å²) in [6.07, 6.45) is 0. The number of nitrogens with one attached hydrogen (secondary N) is 1. The average Bonchev–Trinajstić information content (AvgIpc) is 2.76. The first kappa shape index (κ1) is 15.1. The molecule has 1 fully saturated rings. The van der Waals surface area contributed by atoms with E-state index in [1.165, 1.54) is 4.90 Å². The van der Waals surface area contributed by atoms with Gasteiger partial charge in [-0.3, -0.25) is 4.79 Å². The third-order valence-corrected chi connectivity index (χ3v) is 4.31. The van der Waals surface area contributed by atoms with Crippen LogP contribution in [0.2, 0.25) is 5.02 Å². The van der Waals surface area contributed by atoms with Crippen LogP contribution in [0.3, 0.4) is 0 Å². The Morgan fingerprint density at radius 1 is 1.45 bits per heavy atom. The number of likely N-dealkylation sites (tertiary alicyclic amines) is 1. The van der Waals surface area contributed by atoms with Crippen LogP contribution in [0.4, 0.5) is 10.5 Å². The van der Waals surface area contributed by atoms with E-state index < -0.39 is 11.9 Å². The quantitative estimate of drug-likeness (QED) is 0.849. The summed E-state index contributed by atoms with van der Waals surface area (Å²) in [6.45, 7) is 2.49. The van der Waals surface area contributed by atoms with E-state index >= 15 is 0 Å². The summed E-state index contributed by atoms with van der Waals surface area (Å²) in [5, 5.41) is 12.3. The summed E-state index contributed by atoms with van der Waals surface area (Å²) in [5.74, 6) is -1.43. The Kier molecular flexibility index (Phi) is 4.55. The van der Waals surface area contributed by atoms with E-state index in [1.54, 1.807) is 18.2 Å². The first-order chi connectivity index (χ1) is 9.38. The molecule has 2 atom stereocenters. The van der Waals surface area contributed by atoms with Crippen molar-refractivity contribution < 1.29 is 14.7 Å². The van der Waals surface area contributed by atoms with E-state index in [1.807, 2.05) is 6.92 Å². The number of halogens is 2. The summed E-state index contributed by atoms with van der Waals surface area (Å²) in [6, 6.07) is 4.77. The number of amides is 2. The molecule has 0 saturated carbocycles. The van der Waals surface area contributed by atoms with Gasteiger partial charge >= 0.3 is 12.0 Å². The summed E-state index contributed by atoms with van der Waals surface area (Å²) in [4.78, 5) is 24.7. The van der Waals surface area contributed by atoms with Gasteiger partial charge in [0.15, 0.2) is 0 Å². The van der Waals surface area contributed by atoms with Gasteiger partial charge in [-0.05, 0) is 40.0 Å². The molecule has 5 nitrogen and oxygen atoms in total. The summed E-state index contributed by atoms with van der Waals surface area (Å²) >= 11 is 9.21. The fourth-order valence-corrected chi connectivity index (χ4v) is 2.76. The van der Waals surface area contributed by atoms with Crippen molar-refractivity contribution >= 4 is 45.2 Å². The molecule has 20 heavy (non-hydrogen) atoms. The Bertz CT molecular complexity index is 552. The maximum Gasteiger partial charge on any atom is 0.321 e. The van der Waals surface area contributed by atoms with Crippen LogP contribution in [0.25, 0.3) is 0 Å². The molecular weight excluding hydrogens is 348 g/mol. The Labute approximate surface area is 130 Å². The molecule has 108 valence electrons. The SMILES string of the molecule is C[C@@H]1CN(C(=O)Nc2cc(Cl)ccc2Br)C[C@H]1C(=O)O. The molecule has 0 spiro atoms. The minimum atomic E-state index is -0.864. The van der Waals surface area contributed by atoms with E-state index in [4.69, 9.17) is 16.7 Å². The van der Waals surface area contributed by atoms with Crippen molar-refractivity contribution in [2.24, 2.45) is 11.8 Å². The molecule has 0 unspecified atom stereocenters. The molecule has 0 aliphatic carbocycles. The number of carbonyl (C=O) groups is 2. The Hall–Kier alpha value is -1.27. The maximum atomic E-state index is 12.1. The molecule has 1 aromatic rings. The van der Waals surface area contributed by atoms with E-state index in [-0.39, 0.29) is 18.5 Å². The number of carboxylic acids is 1. The number of carboxylic acid groups (broad SMARTS) is 1. The van der Waals surface area contributed by atoms with Gasteiger partial charge in [-0.2, -0.15) is 0 Å². The van der Waals surface area contributed by atoms with Crippen LogP contribution in [0.1, 0.15) is 6.92 Å². The number of urea groups is 1. The van der Waals surface area contributed by atoms with Crippen LogP contribution in [0, 0.1) is 11.8 Å². The number of hydrogen-bond donors (Lipinski definition) is 2. The Morgan fingerprint density at radius 3 is 2.75 bits per heavy atom. The van der Waals surface area contributed by atoms with Crippen molar-refractivity contribution in [1.82, 2.24) is 4.90 Å². The third-order valence-electron chi connectivity index (χ3n) is 3.39. The number of anilines is 1. The van der Waals surface area contributed by atoms with Gasteiger partial charge in [-0.25, -0.2) is 4.79 Å². The van der Waals surface area contributed by atoms with Gasteiger partial charge < -0.3 is 15.3 Å². The normalized spacial score (nSPS) is 21.9. The standard InChI is InChI=1S/C13H14BrClN2O3/c1-7-5-17(6-9(7)12(18)19)13(20)16-11-4-8(15)2-3-10(11)14/h2-4,7,9H,5-6H2,1H3,(H,16,20)(H,18,19)/t7-,9-/m1/s1. The molecule has 1 saturated heterocycles. The highest BCUT2D eigenvalue weighted by molar-refractivity contribution is 9.10. The smallest absolute Gasteiger partial charge is 0.321 e. The largest absolute Gasteiger partial charge is 0.481 e. The predicted molar refractivity (Wildman–Crippen MR) is 80.0 cm³/mol. The van der Waals surface area contributed by atoms with E-state index in [0.717, 1.165) is 4.47 Å². The van der Waals surface area contributed by atoms with Gasteiger partial charge in [0.1, 0.15) is 0 Å². The molecule has 1 aliphatic heterocycles. The fourth-order valence-electron chi connectivity index (χ4n) is 2.24. The fraction of sp³-hybridized carbons (Fsp3) is 0.385. The number of benzene rings is 1. The highest BCUT2D eigenvalue weighted by Crippen LogP contribution is 2.28. The number of aliphatic carboxylic acids is 1. The lowest BCUT2D eigenvalue weighted by Gasteiger charge is -2.17. The highest BCUT2D eigenvalue weighted by Gasteiger charge is 2.37. The van der Waals surface area contributed by atoms with Gasteiger partial charge in [0.05, 0.1) is 11.6 Å². The number of rotatable bonds is 2. The second-order valence-electron chi connectivity index (χ2n) is 4.88. The van der Waals surface area contributed by atoms with E-state index in [9.17, 15) is 9.59 Å². The minimum Gasteiger partial charge on any atom is -0.481 e. The van der Waals surface area contributed by atoms with Gasteiger partial charge in [0.2, 0.25) is 0 Å². The summed E-state index contributed by atoms with van der Waals surface area (Å²) in [7, 11) is 0. The summed E-state index contributed by atoms with van der Waals surface area (Å²) in [5.41, 5.74) is 0.564. The third kappa shape index (κ3) is 3.24. The number of carbonyl (C=O) groups excluding carboxylic acids is 1. The second kappa shape index (κ2) is 6.01. The molecule has 0 bridgehead atoms. The Balaban J connectivity index is 2.06. The van der Waals surface area contributed by atoms with Crippen LogP contribution < -0.4 is 5.32 Å². The van der Waals surface area contributed by atoms with Gasteiger partial charge in [0.25, 0.3) is 0 Å². The first-order valence-electron chi connectivity index (χ1n) is 6.12. The average molecular weight is 362 g/mol. The number of nitrogens with zero attached hydrogens (tertiary/aromatic N) is 1. The lowest BCUT2D eigenvalue weighted by Crippen LogP contribution is -2.33. The molecule has 0 radical (unpaired) electrons. The van der Waals surface area contributed by atoms with Crippen LogP contribution in [0.5, 0.6) is 0 Å². The number of hydrogen-bond acceptors (Lipinski definition) is 2. The van der Waals surface area contributed by atoms with E-state index in [0.29, 0.717) is 17.3 Å². The lowest BCUT2D eigenvalue weighted by atomic mass is 9.99. The van der Waals surface area contributed by atoms with Crippen molar-refractivity contribution in [2.75, 3.05) is 18.4 Å². The van der Waals surface area contributed by atoms with Gasteiger partial charge in [-0.1, -0.05) is 18.5 Å². The van der Waals surface area contributed by atoms with Crippen LogP contribution >= 0.6 is 27.5 Å². The van der Waals surface area contributed by atoms with Crippen LogP contribution in [0.15, 0.2) is 22.7 Å². The minimum absolute atomic E-state index is 0.0546. The molecule has 1 heterocycles. The van der Waals surface area contributed by atoms with Crippen molar-refractivity contribution in [3.8, 4) is 0 Å². The summed E-state index contributed by atoms with van der Waals surface area (Å²) < 4.78 is 0.720. The van der Waals surface area contributed by atoms with Gasteiger partial charge in [0, 0.05) is 22.6 Å². The molecule has 1 aromatic carbocycles. The monoisotopic (exact) mass is 360 g/mol. The maximum absolute atomic E-state index is 12.1. The zero-order valence-electron chi connectivity index (χ0n) is 10.8. The molecule has 2 rings (SSSR count). The van der Waals surface area contributed by atoms with E-state index in [2.05, 4.69) is 21.2 Å². The molecular formula is C13H14BrClN2O3. The van der Waals surface area contributed by atoms with Crippen LogP contribution in [-0.4, -0.2) is 35.1 Å². The molecule has 0 aromatic heterocycles. The van der Waals surface area contributed by atoms with Crippen molar-refractivity contribution in [2.45, 2.75) is 6.92 Å². The zero-order chi connectivity index (χ0) is 14.9. The van der Waals surface area contributed by atoms with Crippen molar-refractivity contribution in [3.63, 3.8) is 0 Å². The highest BCUT2D eigenvalue weighted by atomic mass is 79.9. The first-order valence-corrected chi connectivity index (χ1v) is 7.29. The molecule has 2 N–H and O–H groups in total. The van der Waals surface area contributed by atoms with Crippen molar-refractivity contribution in [1.29, 1.82) is 0 Å². The lowest BCUT2D eigenvalue weighted by molar-refractivity contribution is -0.142. The van der Waals surface area contributed by atoms with Crippen LogP contribution in [-0.2, 0) is 4.79 Å². The van der Waals surface area contributed by atoms with Gasteiger partial charge in [-0.15, -0.1) is 0 Å². The topological polar surface area (TPSA) is 69.6 Å². The van der Waals surface area contributed by atoms with Crippen molar-refractivity contribution in [3.05, 3.63) is 27.7 Å². The molecule has 7 heteroatoms. The Morgan fingerprint density at radius 2 is 2.15 bits per heavy atom. The molecule has 1 aliphatic rings. The second-order valence-corrected chi connectivity index (χ2v) is 6.17. The predicted octanol–water partition coefficient (Wildman–Crippen LogP) is 3.29.